The van der Waals surface area contributed by atoms with E-state index in [4.69, 9.17) is 5.73 Å². The van der Waals surface area contributed by atoms with Gasteiger partial charge in [0.2, 0.25) is 5.91 Å². The molecule has 0 aromatic carbocycles. The standard InChI is InChI=1S/C14H22N4O.2ClH/c1-2-18(13-5-6-13)8-7-16-14(19)9-12-4-3-11(15)10-17-12;;/h3-4,10,13H,2,5-9,15H2,1H3,(H,16,19);2*1H. The highest BCUT2D eigenvalue weighted by Crippen LogP contribution is 2.25. The smallest absolute Gasteiger partial charge is 0.226 e. The molecular weight excluding hydrogens is 311 g/mol. The van der Waals surface area contributed by atoms with Crippen LogP contribution in [0, 0.1) is 0 Å². The Morgan fingerprint density at radius 1 is 1.43 bits per heavy atom. The van der Waals surface area contributed by atoms with Crippen LogP contribution in [0.4, 0.5) is 5.69 Å². The normalized spacial score (nSPS) is 13.2. The Labute approximate surface area is 138 Å². The van der Waals surface area contributed by atoms with Crippen LogP contribution in [0.2, 0.25) is 0 Å². The van der Waals surface area contributed by atoms with Crippen molar-refractivity contribution < 1.29 is 4.79 Å². The van der Waals surface area contributed by atoms with Crippen LogP contribution in [-0.4, -0.2) is 41.5 Å². The molecule has 0 unspecified atom stereocenters. The number of hydrogen-bond donors (Lipinski definition) is 2. The Morgan fingerprint density at radius 3 is 2.67 bits per heavy atom. The lowest BCUT2D eigenvalue weighted by Gasteiger charge is -2.19. The van der Waals surface area contributed by atoms with Crippen molar-refractivity contribution in [1.29, 1.82) is 0 Å². The van der Waals surface area contributed by atoms with Crippen molar-refractivity contribution in [2.24, 2.45) is 0 Å². The molecule has 1 aromatic heterocycles. The molecule has 0 radical (unpaired) electrons. The van der Waals surface area contributed by atoms with Crippen LogP contribution < -0.4 is 11.1 Å². The topological polar surface area (TPSA) is 71.2 Å². The van der Waals surface area contributed by atoms with E-state index >= 15 is 0 Å². The Bertz CT molecular complexity index is 423. The predicted octanol–water partition coefficient (Wildman–Crippen LogP) is 1.65. The molecule has 1 heterocycles. The third-order valence-corrected chi connectivity index (χ3v) is 3.38. The van der Waals surface area contributed by atoms with Gasteiger partial charge in [0.05, 0.1) is 18.3 Å². The summed E-state index contributed by atoms with van der Waals surface area (Å²) in [6.45, 7) is 4.86. The molecule has 0 spiro atoms. The van der Waals surface area contributed by atoms with Gasteiger partial charge < -0.3 is 11.1 Å². The molecule has 1 aliphatic rings. The first-order chi connectivity index (χ1) is 9.19. The van der Waals surface area contributed by atoms with Crippen LogP contribution in [0.25, 0.3) is 0 Å². The summed E-state index contributed by atoms with van der Waals surface area (Å²) in [6.07, 6.45) is 4.50. The minimum Gasteiger partial charge on any atom is -0.397 e. The van der Waals surface area contributed by atoms with Crippen molar-refractivity contribution >= 4 is 36.4 Å². The van der Waals surface area contributed by atoms with E-state index in [0.29, 0.717) is 18.7 Å². The monoisotopic (exact) mass is 334 g/mol. The largest absolute Gasteiger partial charge is 0.397 e. The number of nitrogens with zero attached hydrogens (tertiary/aromatic N) is 2. The number of hydrogen-bond acceptors (Lipinski definition) is 4. The van der Waals surface area contributed by atoms with E-state index in [9.17, 15) is 4.79 Å². The second-order valence-corrected chi connectivity index (χ2v) is 4.97. The summed E-state index contributed by atoms with van der Waals surface area (Å²) in [7, 11) is 0. The second-order valence-electron chi connectivity index (χ2n) is 4.97. The van der Waals surface area contributed by atoms with E-state index in [-0.39, 0.29) is 30.7 Å². The molecule has 3 N–H and O–H groups in total. The van der Waals surface area contributed by atoms with Gasteiger partial charge in [0.25, 0.3) is 0 Å². The van der Waals surface area contributed by atoms with E-state index in [1.54, 1.807) is 18.3 Å². The van der Waals surface area contributed by atoms with Gasteiger partial charge in [-0.15, -0.1) is 24.8 Å². The van der Waals surface area contributed by atoms with Gasteiger partial charge in [-0.25, -0.2) is 0 Å². The third kappa shape index (κ3) is 6.98. The van der Waals surface area contributed by atoms with Crippen LogP contribution in [-0.2, 0) is 11.2 Å². The quantitative estimate of drug-likeness (QED) is 0.795. The van der Waals surface area contributed by atoms with Crippen LogP contribution in [0.1, 0.15) is 25.5 Å². The molecule has 1 aromatic rings. The number of nitrogen functional groups attached to an aromatic ring is 1. The van der Waals surface area contributed by atoms with Gasteiger partial charge in [-0.2, -0.15) is 0 Å². The summed E-state index contributed by atoms with van der Waals surface area (Å²) in [5.41, 5.74) is 6.92. The molecule has 7 heteroatoms. The summed E-state index contributed by atoms with van der Waals surface area (Å²) in [6, 6.07) is 4.31. The fourth-order valence-corrected chi connectivity index (χ4v) is 2.15. The van der Waals surface area contributed by atoms with Crippen molar-refractivity contribution in [3.05, 3.63) is 24.0 Å². The number of aromatic nitrogens is 1. The van der Waals surface area contributed by atoms with Crippen LogP contribution in [0.15, 0.2) is 18.3 Å². The highest BCUT2D eigenvalue weighted by Gasteiger charge is 2.27. The molecule has 1 fully saturated rings. The summed E-state index contributed by atoms with van der Waals surface area (Å²) in [5, 5.41) is 2.94. The van der Waals surface area contributed by atoms with E-state index in [0.717, 1.165) is 24.8 Å². The fraction of sp³-hybridized carbons (Fsp3) is 0.571. The van der Waals surface area contributed by atoms with Gasteiger partial charge in [0.1, 0.15) is 0 Å². The molecule has 1 aliphatic carbocycles. The summed E-state index contributed by atoms with van der Waals surface area (Å²) >= 11 is 0. The van der Waals surface area contributed by atoms with Crippen molar-refractivity contribution in [3.8, 4) is 0 Å². The Kier molecular flexibility index (Phi) is 9.33. The zero-order valence-corrected chi connectivity index (χ0v) is 13.9. The van der Waals surface area contributed by atoms with E-state index in [1.807, 2.05) is 0 Å². The van der Waals surface area contributed by atoms with Gasteiger partial charge in [0.15, 0.2) is 0 Å². The van der Waals surface area contributed by atoms with Gasteiger partial charge in [0, 0.05) is 24.8 Å². The van der Waals surface area contributed by atoms with Crippen LogP contribution >= 0.6 is 24.8 Å². The average molecular weight is 335 g/mol. The van der Waals surface area contributed by atoms with Gasteiger partial charge in [-0.3, -0.25) is 14.7 Å². The molecule has 0 bridgehead atoms. The lowest BCUT2D eigenvalue weighted by molar-refractivity contribution is -0.120. The van der Waals surface area contributed by atoms with Crippen molar-refractivity contribution in [3.63, 3.8) is 0 Å². The Morgan fingerprint density at radius 2 is 2.14 bits per heavy atom. The SMILES string of the molecule is CCN(CCNC(=O)Cc1ccc(N)cn1)C1CC1.Cl.Cl. The molecule has 0 saturated heterocycles. The number of nitrogens with one attached hydrogen (secondary N) is 1. The number of halogens is 2. The van der Waals surface area contributed by atoms with Crippen molar-refractivity contribution in [2.75, 3.05) is 25.4 Å². The summed E-state index contributed by atoms with van der Waals surface area (Å²) < 4.78 is 0. The molecule has 1 saturated carbocycles. The van der Waals surface area contributed by atoms with Crippen LogP contribution in [0.3, 0.4) is 0 Å². The van der Waals surface area contributed by atoms with E-state index in [1.165, 1.54) is 12.8 Å². The average Bonchev–Trinajstić information content (AvgIpc) is 3.22. The molecular formula is C14H24Cl2N4O. The van der Waals surface area contributed by atoms with E-state index < -0.39 is 0 Å². The highest BCUT2D eigenvalue weighted by molar-refractivity contribution is 5.85. The molecule has 2 rings (SSSR count). The first-order valence-electron chi connectivity index (χ1n) is 6.90. The zero-order valence-electron chi connectivity index (χ0n) is 12.2. The molecule has 120 valence electrons. The number of carbonyl (C=O) groups is 1. The number of likely N-dealkylation sites (N-methyl/N-ethyl adjacent to an activating group) is 1. The van der Waals surface area contributed by atoms with Crippen molar-refractivity contribution in [1.82, 2.24) is 15.2 Å². The number of pyridine rings is 1. The number of amides is 1. The van der Waals surface area contributed by atoms with Gasteiger partial charge >= 0.3 is 0 Å². The number of carbonyl (C=O) groups excluding carboxylic acids is 1. The lowest BCUT2D eigenvalue weighted by Crippen LogP contribution is -2.36. The van der Waals surface area contributed by atoms with Crippen LogP contribution in [0.5, 0.6) is 0 Å². The zero-order chi connectivity index (χ0) is 13.7. The maximum absolute atomic E-state index is 11.8. The maximum atomic E-state index is 11.8. The molecule has 5 nitrogen and oxygen atoms in total. The third-order valence-electron chi connectivity index (χ3n) is 3.38. The Balaban J connectivity index is 0.00000200. The first kappa shape index (κ1) is 20.0. The first-order valence-corrected chi connectivity index (χ1v) is 6.90. The summed E-state index contributed by atoms with van der Waals surface area (Å²) in [5.74, 6) is 0.0177. The second kappa shape index (κ2) is 9.82. The number of nitrogens with two attached hydrogens (primary N) is 1. The minimum atomic E-state index is 0. The van der Waals surface area contributed by atoms with E-state index in [2.05, 4.69) is 22.1 Å². The molecule has 1 amide bonds. The van der Waals surface area contributed by atoms with Gasteiger partial charge in [-0.1, -0.05) is 6.92 Å². The predicted molar refractivity (Wildman–Crippen MR) is 90.1 cm³/mol. The number of rotatable bonds is 7. The molecule has 0 aliphatic heterocycles. The molecule has 21 heavy (non-hydrogen) atoms. The fourth-order valence-electron chi connectivity index (χ4n) is 2.15. The van der Waals surface area contributed by atoms with Crippen molar-refractivity contribution in [2.45, 2.75) is 32.2 Å². The highest BCUT2D eigenvalue weighted by atomic mass is 35.5. The Hall–Kier alpha value is -1.04. The number of anilines is 1. The van der Waals surface area contributed by atoms with Gasteiger partial charge in [-0.05, 0) is 31.5 Å². The summed E-state index contributed by atoms with van der Waals surface area (Å²) in [4.78, 5) is 18.3. The maximum Gasteiger partial charge on any atom is 0.226 e. The molecule has 0 atom stereocenters. The lowest BCUT2D eigenvalue weighted by atomic mass is 10.2. The minimum absolute atomic E-state index is 0.